The molecule has 0 aliphatic carbocycles. The van der Waals surface area contributed by atoms with Gasteiger partial charge in [0, 0.05) is 31.9 Å². The molecular formula is C28H35FN6O. The Morgan fingerprint density at radius 2 is 1.92 bits per heavy atom. The highest BCUT2D eigenvalue weighted by Crippen LogP contribution is 2.26. The van der Waals surface area contributed by atoms with Crippen molar-refractivity contribution in [2.75, 3.05) is 31.3 Å². The summed E-state index contributed by atoms with van der Waals surface area (Å²) in [5, 5.41) is 6.26. The van der Waals surface area contributed by atoms with Gasteiger partial charge in [-0.15, -0.1) is 0 Å². The van der Waals surface area contributed by atoms with Crippen molar-refractivity contribution in [1.29, 1.82) is 0 Å². The van der Waals surface area contributed by atoms with Crippen LogP contribution in [0.1, 0.15) is 30.0 Å². The highest BCUT2D eigenvalue weighted by molar-refractivity contribution is 6.13. The number of nitrogens with two attached hydrogens (primary N) is 2. The van der Waals surface area contributed by atoms with E-state index in [1.807, 2.05) is 48.5 Å². The van der Waals surface area contributed by atoms with Crippen LogP contribution in [0, 0.1) is 5.82 Å². The van der Waals surface area contributed by atoms with Crippen LogP contribution in [0.5, 0.6) is 0 Å². The molecule has 6 N–H and O–H groups in total. The Morgan fingerprint density at radius 3 is 2.56 bits per heavy atom. The van der Waals surface area contributed by atoms with Gasteiger partial charge in [-0.25, -0.2) is 14.4 Å². The maximum atomic E-state index is 14.1. The van der Waals surface area contributed by atoms with E-state index >= 15 is 0 Å². The number of aromatic nitrogens is 1. The predicted octanol–water partition coefficient (Wildman–Crippen LogP) is 4.61. The molecule has 3 aromatic rings. The van der Waals surface area contributed by atoms with Crippen molar-refractivity contribution < 1.29 is 9.18 Å². The van der Waals surface area contributed by atoms with Gasteiger partial charge in [-0.2, -0.15) is 0 Å². The Balaban J connectivity index is 0.000000252. The van der Waals surface area contributed by atoms with Crippen LogP contribution in [-0.2, 0) is 17.6 Å². The molecule has 1 aromatic heterocycles. The van der Waals surface area contributed by atoms with Crippen molar-refractivity contribution in [3.63, 3.8) is 0 Å². The van der Waals surface area contributed by atoms with Crippen LogP contribution in [-0.4, -0.2) is 37.7 Å². The molecule has 4 rings (SSSR count). The van der Waals surface area contributed by atoms with Gasteiger partial charge in [0.1, 0.15) is 17.5 Å². The van der Waals surface area contributed by atoms with Crippen LogP contribution < -0.4 is 22.1 Å². The van der Waals surface area contributed by atoms with E-state index in [1.165, 1.54) is 18.2 Å². The number of carbonyl (C=O) groups is 1. The first kappa shape index (κ1) is 28.2. The number of carbonyl (C=O) groups excluding carboxylic acids is 1. The Morgan fingerprint density at radius 1 is 1.17 bits per heavy atom. The number of amidine groups is 1. The van der Waals surface area contributed by atoms with Crippen molar-refractivity contribution >= 4 is 29.3 Å². The SMILES string of the molecule is C/C=C(\C=O)C(N)=Nc1ccccc1.CN.CNc1ccc(Cc2ccnc3c2CCCN3)c(F)c1. The number of halogens is 1. The normalized spacial score (nSPS) is 12.6. The van der Waals surface area contributed by atoms with Crippen molar-refractivity contribution in [1.82, 2.24) is 4.98 Å². The maximum Gasteiger partial charge on any atom is 0.153 e. The first-order valence-electron chi connectivity index (χ1n) is 11.8. The van der Waals surface area contributed by atoms with Gasteiger partial charge in [0.25, 0.3) is 0 Å². The summed E-state index contributed by atoms with van der Waals surface area (Å²) in [4.78, 5) is 19.0. The van der Waals surface area contributed by atoms with Gasteiger partial charge >= 0.3 is 0 Å². The van der Waals surface area contributed by atoms with Crippen molar-refractivity contribution in [2.45, 2.75) is 26.2 Å². The minimum atomic E-state index is -0.161. The van der Waals surface area contributed by atoms with Crippen LogP contribution >= 0.6 is 0 Å². The van der Waals surface area contributed by atoms with Crippen LogP contribution in [0.3, 0.4) is 0 Å². The van der Waals surface area contributed by atoms with E-state index in [0.29, 0.717) is 18.3 Å². The number of aliphatic imine (C=N–C) groups is 1. The van der Waals surface area contributed by atoms with Gasteiger partial charge < -0.3 is 22.1 Å². The molecule has 7 nitrogen and oxygen atoms in total. The molecule has 0 unspecified atom stereocenters. The lowest BCUT2D eigenvalue weighted by Gasteiger charge is -2.20. The molecule has 0 radical (unpaired) electrons. The van der Waals surface area contributed by atoms with E-state index in [9.17, 15) is 9.18 Å². The predicted molar refractivity (Wildman–Crippen MR) is 147 cm³/mol. The number of pyridine rings is 1. The van der Waals surface area contributed by atoms with Crippen LogP contribution in [0.25, 0.3) is 0 Å². The number of rotatable bonds is 6. The molecule has 0 bridgehead atoms. The molecule has 190 valence electrons. The number of para-hydroxylation sites is 1. The Bertz CT molecular complexity index is 1180. The molecule has 2 heterocycles. The summed E-state index contributed by atoms with van der Waals surface area (Å²) >= 11 is 0. The molecular weight excluding hydrogens is 455 g/mol. The zero-order valence-electron chi connectivity index (χ0n) is 21.1. The largest absolute Gasteiger partial charge is 0.388 e. The molecule has 0 amide bonds. The van der Waals surface area contributed by atoms with E-state index in [2.05, 4.69) is 26.3 Å². The zero-order chi connectivity index (χ0) is 26.3. The summed E-state index contributed by atoms with van der Waals surface area (Å²) in [6, 6.07) is 16.6. The molecule has 1 aliphatic heterocycles. The first-order valence-corrected chi connectivity index (χ1v) is 11.8. The lowest BCUT2D eigenvalue weighted by Crippen LogP contribution is -2.15. The third-order valence-electron chi connectivity index (χ3n) is 5.51. The summed E-state index contributed by atoms with van der Waals surface area (Å²) in [6.45, 7) is 2.71. The monoisotopic (exact) mass is 490 g/mol. The lowest BCUT2D eigenvalue weighted by atomic mass is 9.96. The number of anilines is 2. The third-order valence-corrected chi connectivity index (χ3v) is 5.51. The minimum absolute atomic E-state index is 0.161. The van der Waals surface area contributed by atoms with E-state index in [1.54, 1.807) is 32.3 Å². The summed E-state index contributed by atoms with van der Waals surface area (Å²) in [7, 11) is 3.29. The molecule has 0 saturated carbocycles. The topological polar surface area (TPSA) is 118 Å². The van der Waals surface area contributed by atoms with Crippen molar-refractivity contribution in [2.24, 2.45) is 16.5 Å². The molecule has 0 spiro atoms. The number of allylic oxidation sites excluding steroid dienone is 1. The smallest absolute Gasteiger partial charge is 0.153 e. The van der Waals surface area contributed by atoms with Crippen LogP contribution in [0.4, 0.5) is 21.6 Å². The number of fused-ring (bicyclic) bond motifs is 1. The van der Waals surface area contributed by atoms with Crippen LogP contribution in [0.2, 0.25) is 0 Å². The average molecular weight is 491 g/mol. The number of aldehydes is 1. The number of nitrogens with one attached hydrogen (secondary N) is 2. The standard InChI is InChI=1S/C16H18FN3.C11H12N2O.CH5N/c1-18-13-5-4-12(15(17)10-13)9-11-6-8-20-16-14(11)3-2-7-19-16;1-2-9(8-14)11(12)13-10-6-4-3-5-7-10;1-2/h4-6,8,10,18H,2-3,7,9H2,1H3,(H,19,20);2-8H,1H3,(H2,12,13);2H2,1H3/b;9-2+;. The van der Waals surface area contributed by atoms with Crippen molar-refractivity contribution in [3.05, 3.63) is 95.0 Å². The fourth-order valence-electron chi connectivity index (χ4n) is 3.64. The van der Waals surface area contributed by atoms with E-state index in [-0.39, 0.29) is 11.7 Å². The minimum Gasteiger partial charge on any atom is -0.388 e. The fraction of sp³-hybridized carbons (Fsp3) is 0.250. The highest BCUT2D eigenvalue weighted by atomic mass is 19.1. The second-order valence-corrected chi connectivity index (χ2v) is 7.75. The van der Waals surface area contributed by atoms with Gasteiger partial charge in [0.15, 0.2) is 6.29 Å². The van der Waals surface area contributed by atoms with E-state index in [0.717, 1.165) is 42.1 Å². The first-order chi connectivity index (χ1) is 17.5. The summed E-state index contributed by atoms with van der Waals surface area (Å²) in [6.07, 6.45) is 6.86. The number of nitrogens with zero attached hydrogens (tertiary/aromatic N) is 2. The third kappa shape index (κ3) is 8.02. The Hall–Kier alpha value is -4.04. The van der Waals surface area contributed by atoms with E-state index < -0.39 is 0 Å². The summed E-state index contributed by atoms with van der Waals surface area (Å²) in [5.74, 6) is 1.04. The van der Waals surface area contributed by atoms with Crippen LogP contribution in [0.15, 0.2) is 77.4 Å². The molecule has 36 heavy (non-hydrogen) atoms. The molecule has 0 fully saturated rings. The second kappa shape index (κ2) is 15.1. The Labute approximate surface area is 212 Å². The average Bonchev–Trinajstić information content (AvgIpc) is 2.93. The van der Waals surface area contributed by atoms with Gasteiger partial charge in [-0.1, -0.05) is 30.3 Å². The number of benzene rings is 2. The molecule has 2 aromatic carbocycles. The number of hydrogen-bond acceptors (Lipinski definition) is 6. The van der Waals surface area contributed by atoms with E-state index in [4.69, 9.17) is 5.73 Å². The quantitative estimate of drug-likeness (QED) is 0.173. The van der Waals surface area contributed by atoms with Gasteiger partial charge in [0.05, 0.1) is 11.3 Å². The van der Waals surface area contributed by atoms with Gasteiger partial charge in [-0.3, -0.25) is 4.79 Å². The number of hydrogen-bond donors (Lipinski definition) is 4. The highest BCUT2D eigenvalue weighted by Gasteiger charge is 2.15. The second-order valence-electron chi connectivity index (χ2n) is 7.75. The molecule has 0 atom stereocenters. The van der Waals surface area contributed by atoms with Gasteiger partial charge in [-0.05, 0) is 73.8 Å². The lowest BCUT2D eigenvalue weighted by molar-refractivity contribution is -0.104. The van der Waals surface area contributed by atoms with Crippen molar-refractivity contribution in [3.8, 4) is 0 Å². The Kier molecular flexibility index (Phi) is 11.8. The maximum absolute atomic E-state index is 14.1. The zero-order valence-corrected chi connectivity index (χ0v) is 21.1. The van der Waals surface area contributed by atoms with Gasteiger partial charge in [0.2, 0.25) is 0 Å². The summed E-state index contributed by atoms with van der Waals surface area (Å²) in [5.41, 5.74) is 15.2. The molecule has 1 aliphatic rings. The molecule has 0 saturated heterocycles. The molecule has 8 heteroatoms. The summed E-state index contributed by atoms with van der Waals surface area (Å²) < 4.78 is 14.1. The fourth-order valence-corrected chi connectivity index (χ4v) is 3.64.